The minimum atomic E-state index is 0.534. The molecule has 3 atom stereocenters. The molecule has 1 saturated heterocycles. The summed E-state index contributed by atoms with van der Waals surface area (Å²) in [4.78, 5) is 0. The van der Waals surface area contributed by atoms with Gasteiger partial charge in [0.15, 0.2) is 0 Å². The summed E-state index contributed by atoms with van der Waals surface area (Å²) in [5, 5.41) is 5.35. The Labute approximate surface area is 113 Å². The Morgan fingerprint density at radius 1 is 1.41 bits per heavy atom. The quantitative estimate of drug-likeness (QED) is 0.893. The number of benzene rings is 1. The minimum absolute atomic E-state index is 0.534. The van der Waals surface area contributed by atoms with Gasteiger partial charge in [-0.2, -0.15) is 11.8 Å². The first kappa shape index (κ1) is 13.3. The highest BCUT2D eigenvalue weighted by molar-refractivity contribution is 8.00. The van der Waals surface area contributed by atoms with Crippen molar-refractivity contribution in [1.82, 2.24) is 5.32 Å². The smallest absolute Gasteiger partial charge is 0.0406 e. The molecule has 1 aromatic rings. The molecule has 0 aliphatic carbocycles. The topological polar surface area (TPSA) is 12.0 Å². The third-order valence-corrected chi connectivity index (χ3v) is 4.78. The van der Waals surface area contributed by atoms with Crippen molar-refractivity contribution in [2.75, 3.05) is 5.75 Å². The maximum atomic E-state index is 5.88. The fourth-order valence-corrected chi connectivity index (χ4v) is 3.66. The van der Waals surface area contributed by atoms with E-state index in [0.717, 1.165) is 16.7 Å². The van der Waals surface area contributed by atoms with E-state index in [2.05, 4.69) is 43.1 Å². The molecule has 1 heterocycles. The molecule has 2 rings (SSSR count). The van der Waals surface area contributed by atoms with E-state index in [1.54, 1.807) is 0 Å². The van der Waals surface area contributed by atoms with Crippen LogP contribution >= 0.6 is 23.4 Å². The van der Waals surface area contributed by atoms with Gasteiger partial charge < -0.3 is 5.32 Å². The molecular weight excluding hydrogens is 250 g/mol. The van der Waals surface area contributed by atoms with Gasteiger partial charge in [-0.3, -0.25) is 0 Å². The van der Waals surface area contributed by atoms with Crippen molar-refractivity contribution in [3.8, 4) is 0 Å². The summed E-state index contributed by atoms with van der Waals surface area (Å²) >= 11 is 7.96. The fraction of sp³-hybridized carbons (Fsp3) is 0.571. The van der Waals surface area contributed by atoms with Crippen molar-refractivity contribution in [2.45, 2.75) is 44.0 Å². The van der Waals surface area contributed by atoms with Crippen molar-refractivity contribution in [2.24, 2.45) is 0 Å². The predicted octanol–water partition coefficient (Wildman–Crippen LogP) is 3.75. The maximum Gasteiger partial charge on any atom is 0.0406 e. The third-order valence-electron chi connectivity index (χ3n) is 3.17. The van der Waals surface area contributed by atoms with Crippen LogP contribution < -0.4 is 5.32 Å². The maximum absolute atomic E-state index is 5.88. The Morgan fingerprint density at radius 3 is 2.71 bits per heavy atom. The third kappa shape index (κ3) is 4.20. The van der Waals surface area contributed by atoms with E-state index in [0.29, 0.717) is 12.1 Å². The molecule has 17 heavy (non-hydrogen) atoms. The second kappa shape index (κ2) is 6.12. The van der Waals surface area contributed by atoms with Gasteiger partial charge in [0.1, 0.15) is 0 Å². The zero-order chi connectivity index (χ0) is 12.3. The molecule has 1 aliphatic rings. The molecule has 0 spiro atoms. The highest BCUT2D eigenvalue weighted by atomic mass is 35.5. The summed E-state index contributed by atoms with van der Waals surface area (Å²) in [5.41, 5.74) is 1.35. The van der Waals surface area contributed by atoms with Gasteiger partial charge in [-0.15, -0.1) is 0 Å². The van der Waals surface area contributed by atoms with Crippen LogP contribution in [0.15, 0.2) is 24.3 Å². The van der Waals surface area contributed by atoms with Crippen LogP contribution in [0.5, 0.6) is 0 Å². The number of hydrogen-bond donors (Lipinski definition) is 1. The largest absolute Gasteiger partial charge is 0.310 e. The summed E-state index contributed by atoms with van der Waals surface area (Å²) < 4.78 is 0. The molecule has 0 amide bonds. The van der Waals surface area contributed by atoms with Gasteiger partial charge in [0.2, 0.25) is 0 Å². The van der Waals surface area contributed by atoms with Crippen molar-refractivity contribution in [3.63, 3.8) is 0 Å². The number of rotatable bonds is 4. The lowest BCUT2D eigenvalue weighted by molar-refractivity contribution is 0.460. The van der Waals surface area contributed by atoms with Gasteiger partial charge in [-0.05, 0) is 37.5 Å². The highest BCUT2D eigenvalue weighted by Gasteiger charge is 2.22. The first-order valence-corrected chi connectivity index (χ1v) is 7.68. The van der Waals surface area contributed by atoms with Crippen LogP contribution in [-0.2, 0) is 6.42 Å². The van der Waals surface area contributed by atoms with E-state index in [-0.39, 0.29) is 0 Å². The summed E-state index contributed by atoms with van der Waals surface area (Å²) in [7, 11) is 0. The number of nitrogens with one attached hydrogen (secondary N) is 1. The van der Waals surface area contributed by atoms with E-state index < -0.39 is 0 Å². The van der Waals surface area contributed by atoms with Crippen LogP contribution in [0, 0.1) is 0 Å². The lowest BCUT2D eigenvalue weighted by Gasteiger charge is -2.19. The van der Waals surface area contributed by atoms with Crippen molar-refractivity contribution in [1.29, 1.82) is 0 Å². The average molecular weight is 270 g/mol. The Morgan fingerprint density at radius 2 is 2.12 bits per heavy atom. The van der Waals surface area contributed by atoms with Gasteiger partial charge in [-0.25, -0.2) is 0 Å². The number of halogens is 1. The average Bonchev–Trinajstić information content (AvgIpc) is 2.67. The summed E-state index contributed by atoms with van der Waals surface area (Å²) in [6, 6.07) is 9.40. The van der Waals surface area contributed by atoms with Crippen molar-refractivity contribution >= 4 is 23.4 Å². The number of thioether (sulfide) groups is 1. The molecule has 1 aromatic carbocycles. The summed E-state index contributed by atoms with van der Waals surface area (Å²) in [6.07, 6.45) is 2.38. The Hall–Kier alpha value is -0.180. The molecule has 3 heteroatoms. The lowest BCUT2D eigenvalue weighted by Crippen LogP contribution is -2.37. The van der Waals surface area contributed by atoms with E-state index in [1.165, 1.54) is 17.7 Å². The molecule has 3 unspecified atom stereocenters. The Kier molecular flexibility index (Phi) is 4.78. The molecule has 1 N–H and O–H groups in total. The number of hydrogen-bond acceptors (Lipinski definition) is 2. The second-order valence-corrected chi connectivity index (χ2v) is 6.88. The minimum Gasteiger partial charge on any atom is -0.310 e. The Bertz CT molecular complexity index is 352. The van der Waals surface area contributed by atoms with Gasteiger partial charge in [-0.1, -0.05) is 30.7 Å². The normalized spacial score (nSPS) is 26.1. The molecule has 0 radical (unpaired) electrons. The van der Waals surface area contributed by atoms with Crippen LogP contribution in [0.2, 0.25) is 5.02 Å². The van der Waals surface area contributed by atoms with Gasteiger partial charge in [0.05, 0.1) is 0 Å². The van der Waals surface area contributed by atoms with Crippen LogP contribution in [0.25, 0.3) is 0 Å². The first-order chi connectivity index (χ1) is 8.13. The molecule has 0 saturated carbocycles. The first-order valence-electron chi connectivity index (χ1n) is 6.25. The highest BCUT2D eigenvalue weighted by Crippen LogP contribution is 2.26. The Balaban J connectivity index is 1.80. The molecule has 94 valence electrons. The molecular formula is C14H20ClNS. The van der Waals surface area contributed by atoms with E-state index in [4.69, 9.17) is 11.6 Å². The van der Waals surface area contributed by atoms with Gasteiger partial charge in [0.25, 0.3) is 0 Å². The van der Waals surface area contributed by atoms with Gasteiger partial charge in [0, 0.05) is 28.1 Å². The summed E-state index contributed by atoms with van der Waals surface area (Å²) in [5.74, 6) is 1.26. The summed E-state index contributed by atoms with van der Waals surface area (Å²) in [6.45, 7) is 4.58. The second-order valence-electron chi connectivity index (χ2n) is 4.97. The van der Waals surface area contributed by atoms with Crippen molar-refractivity contribution < 1.29 is 0 Å². The van der Waals surface area contributed by atoms with E-state index in [9.17, 15) is 0 Å². The fourth-order valence-electron chi connectivity index (χ4n) is 2.37. The molecule has 0 bridgehead atoms. The van der Waals surface area contributed by atoms with E-state index in [1.807, 2.05) is 12.1 Å². The zero-order valence-electron chi connectivity index (χ0n) is 10.4. The van der Waals surface area contributed by atoms with Crippen LogP contribution in [0.3, 0.4) is 0 Å². The van der Waals surface area contributed by atoms with E-state index >= 15 is 0 Å². The van der Waals surface area contributed by atoms with Gasteiger partial charge >= 0.3 is 0 Å². The molecule has 0 aromatic heterocycles. The molecule has 1 aliphatic heterocycles. The molecule has 1 fully saturated rings. The monoisotopic (exact) mass is 269 g/mol. The zero-order valence-corrected chi connectivity index (χ0v) is 12.0. The van der Waals surface area contributed by atoms with Crippen LogP contribution in [0.1, 0.15) is 25.8 Å². The SMILES string of the molecule is CC(Cc1ccc(Cl)cc1)NC1CSC(C)C1. The lowest BCUT2D eigenvalue weighted by atomic mass is 10.1. The standard InChI is InChI=1S/C14H20ClNS/c1-10(16-14-8-11(2)17-9-14)7-12-3-5-13(15)6-4-12/h3-6,10-11,14,16H,7-9H2,1-2H3. The molecule has 1 nitrogen and oxygen atoms in total. The van der Waals surface area contributed by atoms with Crippen molar-refractivity contribution in [3.05, 3.63) is 34.9 Å². The van der Waals surface area contributed by atoms with Crippen LogP contribution in [0.4, 0.5) is 0 Å². The van der Waals surface area contributed by atoms with Crippen LogP contribution in [-0.4, -0.2) is 23.1 Å². The predicted molar refractivity (Wildman–Crippen MR) is 78.1 cm³/mol.